The predicted octanol–water partition coefficient (Wildman–Crippen LogP) is 3.35. The van der Waals surface area contributed by atoms with E-state index < -0.39 is 0 Å². The second-order valence-electron chi connectivity index (χ2n) is 5.26. The minimum absolute atomic E-state index is 0.528. The lowest BCUT2D eigenvalue weighted by Crippen LogP contribution is -2.41. The van der Waals surface area contributed by atoms with Gasteiger partial charge in [-0.25, -0.2) is 0 Å². The molecule has 0 unspecified atom stereocenters. The summed E-state index contributed by atoms with van der Waals surface area (Å²) in [4.78, 5) is 0. The van der Waals surface area contributed by atoms with Crippen LogP contribution in [0.25, 0.3) is 0 Å². The fraction of sp³-hybridized carbons (Fsp3) is 0.529. The largest absolute Gasteiger partial charge is 0.496 e. The first-order valence-corrected chi connectivity index (χ1v) is 7.31. The van der Waals surface area contributed by atoms with Gasteiger partial charge in [-0.15, -0.1) is 0 Å². The van der Waals surface area contributed by atoms with Crippen LogP contribution in [0.5, 0.6) is 5.75 Å². The van der Waals surface area contributed by atoms with Crippen molar-refractivity contribution in [2.45, 2.75) is 39.2 Å². The Balaban J connectivity index is 2.25. The summed E-state index contributed by atoms with van der Waals surface area (Å²) in [6.07, 6.45) is 7.87. The van der Waals surface area contributed by atoms with Gasteiger partial charge in [0.05, 0.1) is 7.11 Å². The smallest absolute Gasteiger partial charge is 0.122 e. The lowest BCUT2D eigenvalue weighted by Gasteiger charge is -2.33. The highest BCUT2D eigenvalue weighted by molar-refractivity contribution is 5.43. The molecule has 0 saturated carbocycles. The van der Waals surface area contributed by atoms with Crippen LogP contribution in [0.2, 0.25) is 0 Å². The molecule has 1 N–H and O–H groups in total. The number of hydrogen-bond acceptors (Lipinski definition) is 2. The Morgan fingerprint density at radius 2 is 2.21 bits per heavy atom. The molecule has 0 aromatic heterocycles. The maximum absolute atomic E-state index is 5.51. The van der Waals surface area contributed by atoms with Crippen molar-refractivity contribution in [3.63, 3.8) is 0 Å². The molecule has 0 bridgehead atoms. The van der Waals surface area contributed by atoms with E-state index >= 15 is 0 Å². The molecule has 0 aliphatic heterocycles. The van der Waals surface area contributed by atoms with Crippen LogP contribution in [0, 0.1) is 5.92 Å². The van der Waals surface area contributed by atoms with E-state index in [1.807, 2.05) is 0 Å². The zero-order chi connectivity index (χ0) is 13.7. The Kier molecular flexibility index (Phi) is 5.03. The maximum atomic E-state index is 5.51. The standard InChI is InChI=1S/C17H25NO/c1-4-7-14-11-13-8-6-9-17(19-3)15(13)12-16(14)18-10-5-2/h4,6-9,14,16,18H,5,10-12H2,1-3H3/b7-4-/t14-,16-/m0/s1. The molecule has 2 heteroatoms. The normalized spacial score (nSPS) is 22.5. The van der Waals surface area contributed by atoms with Gasteiger partial charge in [-0.1, -0.05) is 31.2 Å². The van der Waals surface area contributed by atoms with Crippen LogP contribution in [-0.2, 0) is 12.8 Å². The van der Waals surface area contributed by atoms with Gasteiger partial charge in [0.15, 0.2) is 0 Å². The number of fused-ring (bicyclic) bond motifs is 1. The van der Waals surface area contributed by atoms with Crippen molar-refractivity contribution in [1.82, 2.24) is 5.32 Å². The molecular formula is C17H25NO. The third-order valence-electron chi connectivity index (χ3n) is 3.94. The van der Waals surface area contributed by atoms with Gasteiger partial charge >= 0.3 is 0 Å². The molecule has 19 heavy (non-hydrogen) atoms. The summed E-state index contributed by atoms with van der Waals surface area (Å²) in [7, 11) is 1.77. The van der Waals surface area contributed by atoms with Crippen molar-refractivity contribution in [3.8, 4) is 5.75 Å². The number of rotatable bonds is 5. The molecule has 0 amide bonds. The Morgan fingerprint density at radius 3 is 2.89 bits per heavy atom. The van der Waals surface area contributed by atoms with Gasteiger partial charge in [-0.2, -0.15) is 0 Å². The van der Waals surface area contributed by atoms with E-state index in [-0.39, 0.29) is 0 Å². The topological polar surface area (TPSA) is 21.3 Å². The lowest BCUT2D eigenvalue weighted by atomic mass is 9.79. The minimum Gasteiger partial charge on any atom is -0.496 e. The molecule has 1 aliphatic carbocycles. The second-order valence-corrected chi connectivity index (χ2v) is 5.26. The molecule has 0 heterocycles. The molecule has 2 nitrogen and oxygen atoms in total. The zero-order valence-electron chi connectivity index (χ0n) is 12.3. The van der Waals surface area contributed by atoms with Gasteiger partial charge in [-0.3, -0.25) is 0 Å². The molecule has 1 aromatic carbocycles. The summed E-state index contributed by atoms with van der Waals surface area (Å²) in [5.41, 5.74) is 2.83. The first-order valence-electron chi connectivity index (χ1n) is 7.31. The van der Waals surface area contributed by atoms with E-state index in [2.05, 4.69) is 49.5 Å². The molecule has 0 saturated heterocycles. The van der Waals surface area contributed by atoms with Crippen molar-refractivity contribution in [2.24, 2.45) is 5.92 Å². The van der Waals surface area contributed by atoms with Gasteiger partial charge in [0, 0.05) is 6.04 Å². The first kappa shape index (κ1) is 14.1. The quantitative estimate of drug-likeness (QED) is 0.819. The molecule has 0 radical (unpaired) electrons. The monoisotopic (exact) mass is 259 g/mol. The Hall–Kier alpha value is -1.28. The summed E-state index contributed by atoms with van der Waals surface area (Å²) in [5.74, 6) is 1.64. The third-order valence-corrected chi connectivity index (χ3v) is 3.94. The Morgan fingerprint density at radius 1 is 1.37 bits per heavy atom. The van der Waals surface area contributed by atoms with E-state index in [1.54, 1.807) is 7.11 Å². The highest BCUT2D eigenvalue weighted by atomic mass is 16.5. The highest BCUT2D eigenvalue weighted by Crippen LogP contribution is 2.32. The van der Waals surface area contributed by atoms with Crippen molar-refractivity contribution >= 4 is 0 Å². The predicted molar refractivity (Wildman–Crippen MR) is 80.8 cm³/mol. The van der Waals surface area contributed by atoms with Gasteiger partial charge in [0.2, 0.25) is 0 Å². The van der Waals surface area contributed by atoms with Crippen LogP contribution in [0.15, 0.2) is 30.4 Å². The molecule has 1 aliphatic rings. The molecule has 1 aromatic rings. The summed E-state index contributed by atoms with van der Waals surface area (Å²) in [6.45, 7) is 5.41. The van der Waals surface area contributed by atoms with Gasteiger partial charge in [-0.05, 0) is 55.8 Å². The van der Waals surface area contributed by atoms with E-state index in [4.69, 9.17) is 4.74 Å². The summed E-state index contributed by atoms with van der Waals surface area (Å²) in [6, 6.07) is 6.94. The third kappa shape index (κ3) is 3.19. The van der Waals surface area contributed by atoms with Gasteiger partial charge in [0.1, 0.15) is 5.75 Å². The fourth-order valence-corrected chi connectivity index (χ4v) is 3.00. The molecule has 2 atom stereocenters. The number of hydrogen-bond donors (Lipinski definition) is 1. The van der Waals surface area contributed by atoms with Crippen LogP contribution in [0.3, 0.4) is 0 Å². The Labute approximate surface area is 116 Å². The molecule has 0 spiro atoms. The van der Waals surface area contributed by atoms with Crippen LogP contribution in [0.1, 0.15) is 31.4 Å². The maximum Gasteiger partial charge on any atom is 0.122 e. The van der Waals surface area contributed by atoms with Crippen molar-refractivity contribution in [1.29, 1.82) is 0 Å². The minimum atomic E-state index is 0.528. The molecule has 104 valence electrons. The average Bonchev–Trinajstić information content (AvgIpc) is 2.44. The van der Waals surface area contributed by atoms with Crippen LogP contribution in [-0.4, -0.2) is 19.7 Å². The van der Waals surface area contributed by atoms with Crippen LogP contribution < -0.4 is 10.1 Å². The molecule has 0 fully saturated rings. The number of methoxy groups -OCH3 is 1. The van der Waals surface area contributed by atoms with Gasteiger partial charge in [0.25, 0.3) is 0 Å². The summed E-state index contributed by atoms with van der Waals surface area (Å²) in [5, 5.41) is 3.69. The average molecular weight is 259 g/mol. The van der Waals surface area contributed by atoms with Crippen molar-refractivity contribution in [2.75, 3.05) is 13.7 Å². The van der Waals surface area contributed by atoms with Gasteiger partial charge < -0.3 is 10.1 Å². The number of ether oxygens (including phenoxy) is 1. The SMILES string of the molecule is C/C=C\[C@H]1Cc2cccc(OC)c2C[C@@H]1NCCC. The first-order chi connectivity index (χ1) is 9.30. The van der Waals surface area contributed by atoms with E-state index in [1.165, 1.54) is 17.5 Å². The summed E-state index contributed by atoms with van der Waals surface area (Å²) >= 11 is 0. The number of nitrogens with one attached hydrogen (secondary N) is 1. The van der Waals surface area contributed by atoms with E-state index in [9.17, 15) is 0 Å². The van der Waals surface area contributed by atoms with Crippen molar-refractivity contribution < 1.29 is 4.74 Å². The zero-order valence-corrected chi connectivity index (χ0v) is 12.3. The molecular weight excluding hydrogens is 234 g/mol. The fourth-order valence-electron chi connectivity index (χ4n) is 3.00. The van der Waals surface area contributed by atoms with E-state index in [0.717, 1.165) is 25.1 Å². The van der Waals surface area contributed by atoms with E-state index in [0.29, 0.717) is 12.0 Å². The van der Waals surface area contributed by atoms with Crippen LogP contribution in [0.4, 0.5) is 0 Å². The van der Waals surface area contributed by atoms with Crippen molar-refractivity contribution in [3.05, 3.63) is 41.5 Å². The Bertz CT molecular complexity index is 439. The second kappa shape index (κ2) is 6.76. The summed E-state index contributed by atoms with van der Waals surface area (Å²) < 4.78 is 5.51. The molecule has 2 rings (SSSR count). The highest BCUT2D eigenvalue weighted by Gasteiger charge is 2.27. The number of benzene rings is 1. The lowest BCUT2D eigenvalue weighted by molar-refractivity contribution is 0.363. The van der Waals surface area contributed by atoms with Crippen LogP contribution >= 0.6 is 0 Å². The number of allylic oxidation sites excluding steroid dienone is 1.